The molecule has 1 amide bonds. The van der Waals surface area contributed by atoms with Crippen molar-refractivity contribution >= 4 is 16.7 Å². The summed E-state index contributed by atoms with van der Waals surface area (Å²) in [5.74, 6) is -1.36. The highest BCUT2D eigenvalue weighted by Crippen LogP contribution is 2.48. The van der Waals surface area contributed by atoms with Gasteiger partial charge in [-0.05, 0) is 54.7 Å². The summed E-state index contributed by atoms with van der Waals surface area (Å²) >= 11 is 0. The molecule has 1 aliphatic carbocycles. The molecule has 0 unspecified atom stereocenters. The van der Waals surface area contributed by atoms with Gasteiger partial charge in [0.25, 0.3) is 0 Å². The standard InChI is InChI=1S/C20H16F2N2O/c1-11-2-4-14(21)9-16(11)12-3-5-15-13(8-12)10-24-18(17(15)22)20(6-7-20)19(23)25/h2-5,8-10H,6-7H2,1H3,(H2,23,25). The molecule has 2 N–H and O–H groups in total. The van der Waals surface area contributed by atoms with E-state index in [1.165, 1.54) is 12.1 Å². The van der Waals surface area contributed by atoms with Crippen LogP contribution in [-0.4, -0.2) is 10.9 Å². The molecular weight excluding hydrogens is 322 g/mol. The predicted molar refractivity (Wildman–Crippen MR) is 91.9 cm³/mol. The van der Waals surface area contributed by atoms with Crippen molar-refractivity contribution in [3.8, 4) is 11.1 Å². The maximum Gasteiger partial charge on any atom is 0.229 e. The number of pyridine rings is 1. The summed E-state index contributed by atoms with van der Waals surface area (Å²) in [6, 6.07) is 9.75. The minimum atomic E-state index is -0.962. The molecular formula is C20H16F2N2O. The Morgan fingerprint density at radius 2 is 1.92 bits per heavy atom. The number of carbonyl (C=O) groups excluding carboxylic acids is 1. The van der Waals surface area contributed by atoms with E-state index in [0.717, 1.165) is 16.7 Å². The summed E-state index contributed by atoms with van der Waals surface area (Å²) in [7, 11) is 0. The zero-order valence-electron chi connectivity index (χ0n) is 13.6. The fourth-order valence-electron chi connectivity index (χ4n) is 3.32. The van der Waals surface area contributed by atoms with E-state index in [0.29, 0.717) is 23.6 Å². The Morgan fingerprint density at radius 3 is 2.60 bits per heavy atom. The second-order valence-corrected chi connectivity index (χ2v) is 6.63. The van der Waals surface area contributed by atoms with Gasteiger partial charge in [-0.2, -0.15) is 0 Å². The normalized spacial score (nSPS) is 15.3. The highest BCUT2D eigenvalue weighted by Gasteiger charge is 2.53. The molecule has 5 heteroatoms. The zero-order valence-corrected chi connectivity index (χ0v) is 13.6. The van der Waals surface area contributed by atoms with Gasteiger partial charge < -0.3 is 5.73 Å². The highest BCUT2D eigenvalue weighted by molar-refractivity contribution is 5.93. The monoisotopic (exact) mass is 338 g/mol. The topological polar surface area (TPSA) is 56.0 Å². The molecule has 1 aromatic heterocycles. The van der Waals surface area contributed by atoms with Gasteiger partial charge in [-0.25, -0.2) is 8.78 Å². The third-order valence-corrected chi connectivity index (χ3v) is 5.01. The van der Waals surface area contributed by atoms with E-state index in [1.54, 1.807) is 30.5 Å². The Bertz CT molecular complexity index is 1030. The van der Waals surface area contributed by atoms with E-state index in [2.05, 4.69) is 4.98 Å². The molecule has 0 saturated heterocycles. The van der Waals surface area contributed by atoms with E-state index in [1.807, 2.05) is 6.92 Å². The summed E-state index contributed by atoms with van der Waals surface area (Å²) in [4.78, 5) is 15.8. The van der Waals surface area contributed by atoms with Crippen LogP contribution in [0.15, 0.2) is 42.6 Å². The maximum absolute atomic E-state index is 14.9. The molecule has 3 aromatic rings. The summed E-state index contributed by atoms with van der Waals surface area (Å²) in [6.45, 7) is 1.89. The molecule has 0 atom stereocenters. The van der Waals surface area contributed by atoms with Crippen LogP contribution in [0.5, 0.6) is 0 Å². The minimum absolute atomic E-state index is 0.127. The number of aromatic nitrogens is 1. The lowest BCUT2D eigenvalue weighted by molar-refractivity contribution is -0.120. The van der Waals surface area contributed by atoms with Gasteiger partial charge in [-0.1, -0.05) is 18.2 Å². The Labute approximate surface area is 143 Å². The Balaban J connectivity index is 1.86. The Kier molecular flexibility index (Phi) is 3.35. The van der Waals surface area contributed by atoms with Gasteiger partial charge in [0.2, 0.25) is 5.91 Å². The van der Waals surface area contributed by atoms with Gasteiger partial charge in [0.15, 0.2) is 5.82 Å². The molecule has 0 aliphatic heterocycles. The molecule has 1 aliphatic rings. The number of hydrogen-bond acceptors (Lipinski definition) is 2. The number of nitrogens with two attached hydrogens (primary N) is 1. The number of amides is 1. The first kappa shape index (κ1) is 15.7. The molecule has 25 heavy (non-hydrogen) atoms. The lowest BCUT2D eigenvalue weighted by Gasteiger charge is -2.14. The molecule has 3 nitrogen and oxygen atoms in total. The lowest BCUT2D eigenvalue weighted by atomic mass is 9.95. The summed E-state index contributed by atoms with van der Waals surface area (Å²) in [6.07, 6.45) is 2.60. The Morgan fingerprint density at radius 1 is 1.16 bits per heavy atom. The quantitative estimate of drug-likeness (QED) is 0.784. The SMILES string of the molecule is Cc1ccc(F)cc1-c1ccc2c(F)c(C3(C(N)=O)CC3)ncc2c1. The Hall–Kier alpha value is -2.82. The molecule has 0 bridgehead atoms. The van der Waals surface area contributed by atoms with Gasteiger partial charge in [0, 0.05) is 17.0 Å². The number of rotatable bonds is 3. The number of halogens is 2. The van der Waals surface area contributed by atoms with Gasteiger partial charge >= 0.3 is 0 Å². The molecule has 4 rings (SSSR count). The first-order valence-corrected chi connectivity index (χ1v) is 8.07. The molecule has 1 saturated carbocycles. The van der Waals surface area contributed by atoms with Gasteiger partial charge in [0.1, 0.15) is 5.82 Å². The molecule has 0 radical (unpaired) electrons. The van der Waals surface area contributed by atoms with Crippen LogP contribution in [0.2, 0.25) is 0 Å². The van der Waals surface area contributed by atoms with E-state index in [9.17, 15) is 13.6 Å². The molecule has 0 spiro atoms. The van der Waals surface area contributed by atoms with E-state index in [4.69, 9.17) is 5.73 Å². The zero-order chi connectivity index (χ0) is 17.8. The average molecular weight is 338 g/mol. The third-order valence-electron chi connectivity index (χ3n) is 5.01. The first-order valence-electron chi connectivity index (χ1n) is 8.07. The smallest absolute Gasteiger partial charge is 0.229 e. The van der Waals surface area contributed by atoms with Crippen molar-refractivity contribution in [3.63, 3.8) is 0 Å². The average Bonchev–Trinajstić information content (AvgIpc) is 3.39. The van der Waals surface area contributed by atoms with Crippen LogP contribution < -0.4 is 5.73 Å². The predicted octanol–water partition coefficient (Wildman–Crippen LogP) is 4.01. The van der Waals surface area contributed by atoms with Crippen molar-refractivity contribution in [1.29, 1.82) is 0 Å². The lowest BCUT2D eigenvalue weighted by Crippen LogP contribution is -2.30. The van der Waals surface area contributed by atoms with Crippen molar-refractivity contribution in [2.45, 2.75) is 25.2 Å². The van der Waals surface area contributed by atoms with Crippen LogP contribution in [0.4, 0.5) is 8.78 Å². The molecule has 126 valence electrons. The number of nitrogens with zero attached hydrogens (tertiary/aromatic N) is 1. The molecule has 1 heterocycles. The molecule has 1 fully saturated rings. The summed E-state index contributed by atoms with van der Waals surface area (Å²) < 4.78 is 28.5. The van der Waals surface area contributed by atoms with Crippen LogP contribution in [0.1, 0.15) is 24.1 Å². The number of aryl methyl sites for hydroxylation is 1. The van der Waals surface area contributed by atoms with E-state index >= 15 is 0 Å². The van der Waals surface area contributed by atoms with Gasteiger partial charge in [-0.3, -0.25) is 9.78 Å². The summed E-state index contributed by atoms with van der Waals surface area (Å²) in [5.41, 5.74) is 7.06. The fourth-order valence-corrected chi connectivity index (χ4v) is 3.32. The number of primary amides is 1. The number of hydrogen-bond donors (Lipinski definition) is 1. The van der Waals surface area contributed by atoms with Crippen molar-refractivity contribution in [1.82, 2.24) is 4.98 Å². The third kappa shape index (κ3) is 2.38. The van der Waals surface area contributed by atoms with Crippen LogP contribution in [0, 0.1) is 18.6 Å². The molecule has 2 aromatic carbocycles. The first-order chi connectivity index (χ1) is 11.9. The number of carbonyl (C=O) groups is 1. The van der Waals surface area contributed by atoms with Gasteiger partial charge in [0.05, 0.1) is 11.1 Å². The van der Waals surface area contributed by atoms with E-state index < -0.39 is 17.1 Å². The second kappa shape index (κ2) is 5.34. The second-order valence-electron chi connectivity index (χ2n) is 6.63. The van der Waals surface area contributed by atoms with Crippen molar-refractivity contribution in [2.24, 2.45) is 5.73 Å². The highest BCUT2D eigenvalue weighted by atomic mass is 19.1. The van der Waals surface area contributed by atoms with Crippen LogP contribution in [0.3, 0.4) is 0 Å². The van der Waals surface area contributed by atoms with Crippen molar-refractivity contribution in [3.05, 3.63) is 65.5 Å². The number of benzene rings is 2. The minimum Gasteiger partial charge on any atom is -0.369 e. The van der Waals surface area contributed by atoms with Crippen molar-refractivity contribution in [2.75, 3.05) is 0 Å². The van der Waals surface area contributed by atoms with Crippen LogP contribution in [0.25, 0.3) is 21.9 Å². The summed E-state index contributed by atoms with van der Waals surface area (Å²) in [5, 5.41) is 0.984. The van der Waals surface area contributed by atoms with Crippen LogP contribution >= 0.6 is 0 Å². The fraction of sp³-hybridized carbons (Fsp3) is 0.200. The van der Waals surface area contributed by atoms with E-state index in [-0.39, 0.29) is 11.5 Å². The van der Waals surface area contributed by atoms with Gasteiger partial charge in [-0.15, -0.1) is 0 Å². The maximum atomic E-state index is 14.9. The van der Waals surface area contributed by atoms with Crippen molar-refractivity contribution < 1.29 is 13.6 Å². The number of fused-ring (bicyclic) bond motifs is 1. The largest absolute Gasteiger partial charge is 0.369 e. The van der Waals surface area contributed by atoms with Crippen LogP contribution in [-0.2, 0) is 10.2 Å².